The smallest absolute Gasteiger partial charge is 0.226 e. The Balaban J connectivity index is 1.82. The fourth-order valence-corrected chi connectivity index (χ4v) is 2.13. The minimum absolute atomic E-state index is 0.0862. The van der Waals surface area contributed by atoms with Crippen LogP contribution in [-0.2, 0) is 11.2 Å². The molecular weight excluding hydrogens is 220 g/mol. The van der Waals surface area contributed by atoms with Gasteiger partial charge in [-0.1, -0.05) is 36.5 Å². The summed E-state index contributed by atoms with van der Waals surface area (Å²) in [5, 5.41) is 2.85. The van der Waals surface area contributed by atoms with E-state index in [2.05, 4.69) is 29.7 Å². The lowest BCUT2D eigenvalue weighted by Gasteiger charge is -2.30. The van der Waals surface area contributed by atoms with Crippen LogP contribution in [0.1, 0.15) is 23.5 Å². The van der Waals surface area contributed by atoms with Crippen LogP contribution >= 0.6 is 12.2 Å². The second-order valence-electron chi connectivity index (χ2n) is 4.05. The number of nitrogens with two attached hydrogens (primary N) is 1. The van der Waals surface area contributed by atoms with Crippen molar-refractivity contribution in [3.05, 3.63) is 35.4 Å². The zero-order valence-corrected chi connectivity index (χ0v) is 9.72. The van der Waals surface area contributed by atoms with Crippen LogP contribution in [0.15, 0.2) is 24.3 Å². The van der Waals surface area contributed by atoms with Crippen molar-refractivity contribution >= 4 is 23.1 Å². The van der Waals surface area contributed by atoms with E-state index in [0.717, 1.165) is 6.42 Å². The number of nitrogens with one attached hydrogen (secondary N) is 1. The Morgan fingerprint density at radius 1 is 1.50 bits per heavy atom. The lowest BCUT2D eigenvalue weighted by Crippen LogP contribution is -2.34. The number of fused-ring (bicyclic) bond motifs is 1. The third kappa shape index (κ3) is 2.39. The molecule has 4 heteroatoms. The Labute approximate surface area is 100 Å². The van der Waals surface area contributed by atoms with Gasteiger partial charge in [0.2, 0.25) is 5.91 Å². The summed E-state index contributed by atoms with van der Waals surface area (Å²) in [6.07, 6.45) is 1.19. The summed E-state index contributed by atoms with van der Waals surface area (Å²) in [5.41, 5.74) is 8.02. The summed E-state index contributed by atoms with van der Waals surface area (Å²) >= 11 is 4.67. The Morgan fingerprint density at radius 2 is 2.25 bits per heavy atom. The van der Waals surface area contributed by atoms with E-state index in [1.807, 2.05) is 12.1 Å². The van der Waals surface area contributed by atoms with Crippen molar-refractivity contribution in [2.45, 2.75) is 18.8 Å². The van der Waals surface area contributed by atoms with E-state index < -0.39 is 0 Å². The van der Waals surface area contributed by atoms with Crippen LogP contribution in [0.2, 0.25) is 0 Å². The summed E-state index contributed by atoms with van der Waals surface area (Å²) in [6, 6.07) is 8.31. The molecule has 1 aliphatic carbocycles. The minimum Gasteiger partial charge on any atom is -0.393 e. The number of carbonyl (C=O) groups excluding carboxylic acids is 1. The molecule has 0 spiro atoms. The van der Waals surface area contributed by atoms with Gasteiger partial charge in [0.15, 0.2) is 0 Å². The van der Waals surface area contributed by atoms with Crippen molar-refractivity contribution < 1.29 is 4.79 Å². The van der Waals surface area contributed by atoms with Crippen LogP contribution in [0.25, 0.3) is 0 Å². The van der Waals surface area contributed by atoms with Crippen LogP contribution in [-0.4, -0.2) is 17.4 Å². The monoisotopic (exact) mass is 234 g/mol. The van der Waals surface area contributed by atoms with Crippen molar-refractivity contribution in [3.63, 3.8) is 0 Å². The van der Waals surface area contributed by atoms with Crippen molar-refractivity contribution in [1.82, 2.24) is 5.32 Å². The SMILES string of the molecule is NC(=S)CC(=O)NCC1Cc2ccccc21. The predicted molar refractivity (Wildman–Crippen MR) is 67.3 cm³/mol. The third-order valence-corrected chi connectivity index (χ3v) is 2.99. The molecule has 1 aromatic rings. The molecule has 1 amide bonds. The first-order valence-electron chi connectivity index (χ1n) is 5.29. The number of hydrogen-bond donors (Lipinski definition) is 2. The molecule has 0 saturated heterocycles. The first kappa shape index (κ1) is 11.1. The van der Waals surface area contributed by atoms with Gasteiger partial charge in [-0.05, 0) is 17.5 Å². The van der Waals surface area contributed by atoms with Gasteiger partial charge in [0.1, 0.15) is 0 Å². The van der Waals surface area contributed by atoms with Crippen LogP contribution in [0.4, 0.5) is 0 Å². The maximum Gasteiger partial charge on any atom is 0.226 e. The van der Waals surface area contributed by atoms with E-state index in [-0.39, 0.29) is 17.3 Å². The van der Waals surface area contributed by atoms with Gasteiger partial charge in [0.25, 0.3) is 0 Å². The van der Waals surface area contributed by atoms with Crippen molar-refractivity contribution in [2.75, 3.05) is 6.54 Å². The Kier molecular flexibility index (Phi) is 3.19. The molecule has 0 saturated carbocycles. The molecule has 1 unspecified atom stereocenters. The van der Waals surface area contributed by atoms with E-state index in [1.165, 1.54) is 11.1 Å². The topological polar surface area (TPSA) is 55.1 Å². The number of thiocarbonyl (C=S) groups is 1. The Hall–Kier alpha value is -1.42. The quantitative estimate of drug-likeness (QED) is 0.768. The molecule has 0 aromatic heterocycles. The van der Waals surface area contributed by atoms with Gasteiger partial charge in [-0.25, -0.2) is 0 Å². The summed E-state index contributed by atoms with van der Waals surface area (Å²) in [6.45, 7) is 0.679. The van der Waals surface area contributed by atoms with Crippen molar-refractivity contribution in [3.8, 4) is 0 Å². The first-order valence-corrected chi connectivity index (χ1v) is 5.70. The molecule has 3 N–H and O–H groups in total. The van der Waals surface area contributed by atoms with Gasteiger partial charge in [0.05, 0.1) is 11.4 Å². The number of amides is 1. The van der Waals surface area contributed by atoms with Gasteiger partial charge in [-0.15, -0.1) is 0 Å². The van der Waals surface area contributed by atoms with E-state index in [4.69, 9.17) is 5.73 Å². The number of carbonyl (C=O) groups is 1. The molecule has 0 aliphatic heterocycles. The van der Waals surface area contributed by atoms with Gasteiger partial charge in [0, 0.05) is 12.5 Å². The number of rotatable bonds is 4. The van der Waals surface area contributed by atoms with E-state index in [0.29, 0.717) is 12.5 Å². The molecule has 0 bridgehead atoms. The largest absolute Gasteiger partial charge is 0.393 e. The summed E-state index contributed by atoms with van der Waals surface area (Å²) in [4.78, 5) is 11.6. The minimum atomic E-state index is -0.0862. The molecule has 1 aliphatic rings. The van der Waals surface area contributed by atoms with Crippen LogP contribution in [0.5, 0.6) is 0 Å². The van der Waals surface area contributed by atoms with Crippen molar-refractivity contribution in [1.29, 1.82) is 0 Å². The first-order chi connectivity index (χ1) is 7.66. The second-order valence-corrected chi connectivity index (χ2v) is 4.57. The highest BCUT2D eigenvalue weighted by Gasteiger charge is 2.25. The normalized spacial score (nSPS) is 17.1. The molecular formula is C12H14N2OS. The molecule has 84 valence electrons. The number of hydrogen-bond acceptors (Lipinski definition) is 2. The zero-order chi connectivity index (χ0) is 11.5. The molecule has 0 fully saturated rings. The summed E-state index contributed by atoms with van der Waals surface area (Å²) in [7, 11) is 0. The van der Waals surface area contributed by atoms with Crippen LogP contribution < -0.4 is 11.1 Å². The lowest BCUT2D eigenvalue weighted by molar-refractivity contribution is -0.119. The third-order valence-electron chi connectivity index (χ3n) is 2.84. The van der Waals surface area contributed by atoms with E-state index in [1.54, 1.807) is 0 Å². The highest BCUT2D eigenvalue weighted by molar-refractivity contribution is 7.80. The summed E-state index contributed by atoms with van der Waals surface area (Å²) in [5.74, 6) is 0.364. The molecule has 0 heterocycles. The molecule has 0 radical (unpaired) electrons. The highest BCUT2D eigenvalue weighted by Crippen LogP contribution is 2.33. The van der Waals surface area contributed by atoms with Crippen LogP contribution in [0, 0.1) is 0 Å². The molecule has 1 atom stereocenters. The van der Waals surface area contributed by atoms with Gasteiger partial charge in [-0.2, -0.15) is 0 Å². The number of benzene rings is 1. The average Bonchev–Trinajstić information content (AvgIpc) is 2.18. The highest BCUT2D eigenvalue weighted by atomic mass is 32.1. The van der Waals surface area contributed by atoms with Gasteiger partial charge >= 0.3 is 0 Å². The molecule has 3 nitrogen and oxygen atoms in total. The Bertz CT molecular complexity index is 431. The zero-order valence-electron chi connectivity index (χ0n) is 8.90. The van der Waals surface area contributed by atoms with Gasteiger partial charge < -0.3 is 11.1 Å². The molecule has 16 heavy (non-hydrogen) atoms. The maximum atomic E-state index is 11.3. The standard InChI is InChI=1S/C12H14N2OS/c13-11(16)6-12(15)14-7-9-5-8-3-1-2-4-10(8)9/h1-4,9H,5-7H2,(H2,13,16)(H,14,15). The fourth-order valence-electron chi connectivity index (χ4n) is 2.00. The molecule has 1 aromatic carbocycles. The fraction of sp³-hybridized carbons (Fsp3) is 0.333. The Morgan fingerprint density at radius 3 is 2.94 bits per heavy atom. The van der Waals surface area contributed by atoms with Crippen molar-refractivity contribution in [2.24, 2.45) is 5.73 Å². The second kappa shape index (κ2) is 4.61. The van der Waals surface area contributed by atoms with Gasteiger partial charge in [-0.3, -0.25) is 4.79 Å². The predicted octanol–water partition coefficient (Wildman–Crippen LogP) is 1.12. The van der Waals surface area contributed by atoms with Crippen LogP contribution in [0.3, 0.4) is 0 Å². The molecule has 2 rings (SSSR count). The van der Waals surface area contributed by atoms with E-state index in [9.17, 15) is 4.79 Å². The summed E-state index contributed by atoms with van der Waals surface area (Å²) < 4.78 is 0. The van der Waals surface area contributed by atoms with E-state index >= 15 is 0 Å². The maximum absolute atomic E-state index is 11.3. The average molecular weight is 234 g/mol. The lowest BCUT2D eigenvalue weighted by atomic mass is 9.77.